The Labute approximate surface area is 115 Å². The summed E-state index contributed by atoms with van der Waals surface area (Å²) in [6, 6.07) is 5.23. The lowest BCUT2D eigenvalue weighted by molar-refractivity contribution is 0.266. The van der Waals surface area contributed by atoms with E-state index in [1.165, 1.54) is 18.9 Å². The maximum absolute atomic E-state index is 13.7. The molecular formula is C16H24FNO. The lowest BCUT2D eigenvalue weighted by Gasteiger charge is -2.32. The fraction of sp³-hybridized carbons (Fsp3) is 0.625. The first kappa shape index (κ1) is 14.2. The summed E-state index contributed by atoms with van der Waals surface area (Å²) in [7, 11) is 1.60. The molecule has 1 N–H and O–H groups in total. The van der Waals surface area contributed by atoms with Crippen LogP contribution in [0, 0.1) is 17.7 Å². The second-order valence-corrected chi connectivity index (χ2v) is 5.85. The topological polar surface area (TPSA) is 21.3 Å². The number of hydrogen-bond acceptors (Lipinski definition) is 2. The molecule has 0 radical (unpaired) electrons. The Kier molecular flexibility index (Phi) is 4.67. The van der Waals surface area contributed by atoms with Crippen molar-refractivity contribution in [3.8, 4) is 5.75 Å². The zero-order valence-electron chi connectivity index (χ0n) is 12.1. The van der Waals surface area contributed by atoms with E-state index in [-0.39, 0.29) is 5.82 Å². The highest BCUT2D eigenvalue weighted by Gasteiger charge is 2.23. The molecule has 1 aromatic carbocycles. The van der Waals surface area contributed by atoms with Crippen molar-refractivity contribution in [2.45, 2.75) is 45.6 Å². The molecule has 0 heterocycles. The third-order valence-corrected chi connectivity index (χ3v) is 4.25. The predicted octanol–water partition coefficient (Wildman–Crippen LogP) is 4.46. The van der Waals surface area contributed by atoms with E-state index in [0.29, 0.717) is 17.5 Å². The molecule has 0 bridgehead atoms. The average Bonchev–Trinajstić information content (AvgIpc) is 2.42. The van der Waals surface area contributed by atoms with Crippen LogP contribution >= 0.6 is 0 Å². The molecule has 0 aliphatic heterocycles. The molecule has 0 aromatic heterocycles. The minimum absolute atomic E-state index is 0.202. The van der Waals surface area contributed by atoms with Crippen LogP contribution in [0.4, 0.5) is 10.1 Å². The molecule has 3 heteroatoms. The highest BCUT2D eigenvalue weighted by Crippen LogP contribution is 2.32. The first-order chi connectivity index (χ1) is 9.10. The van der Waals surface area contributed by atoms with Crippen LogP contribution in [0.25, 0.3) is 0 Å². The zero-order chi connectivity index (χ0) is 13.8. The summed E-state index contributed by atoms with van der Waals surface area (Å²) in [4.78, 5) is 0. The fourth-order valence-electron chi connectivity index (χ4n) is 2.89. The van der Waals surface area contributed by atoms with Gasteiger partial charge in [0.15, 0.2) is 0 Å². The third-order valence-electron chi connectivity index (χ3n) is 4.25. The second-order valence-electron chi connectivity index (χ2n) is 5.85. The summed E-state index contributed by atoms with van der Waals surface area (Å²) in [5.41, 5.74) is 0.562. The Morgan fingerprint density at radius 1 is 1.21 bits per heavy atom. The van der Waals surface area contributed by atoms with E-state index in [1.54, 1.807) is 19.2 Å². The summed E-state index contributed by atoms with van der Waals surface area (Å²) >= 11 is 0. The maximum Gasteiger partial charge on any atom is 0.146 e. The first-order valence-corrected chi connectivity index (χ1v) is 7.20. The smallest absolute Gasteiger partial charge is 0.146 e. The number of methoxy groups -OCH3 is 1. The van der Waals surface area contributed by atoms with Gasteiger partial charge in [0.1, 0.15) is 11.6 Å². The third kappa shape index (κ3) is 3.62. The Hall–Kier alpha value is -1.25. The van der Waals surface area contributed by atoms with Crippen LogP contribution in [0.15, 0.2) is 18.2 Å². The molecule has 106 valence electrons. The summed E-state index contributed by atoms with van der Waals surface area (Å²) in [5.74, 6) is 2.08. The van der Waals surface area contributed by atoms with Crippen molar-refractivity contribution in [1.82, 2.24) is 0 Å². The van der Waals surface area contributed by atoms with Gasteiger partial charge in [-0.3, -0.25) is 0 Å². The standard InChI is InChI=1S/C16H24FNO/c1-11(2)12-4-6-13(7-5-12)18-16-10-14(19-3)8-9-15(16)17/h8-13,18H,4-7H2,1-3H3. The van der Waals surface area contributed by atoms with Gasteiger partial charge in [0, 0.05) is 12.1 Å². The van der Waals surface area contributed by atoms with Gasteiger partial charge >= 0.3 is 0 Å². The monoisotopic (exact) mass is 265 g/mol. The molecule has 1 aliphatic carbocycles. The molecule has 1 aliphatic rings. The SMILES string of the molecule is COc1ccc(F)c(NC2CCC(C(C)C)CC2)c1. The highest BCUT2D eigenvalue weighted by molar-refractivity contribution is 5.50. The van der Waals surface area contributed by atoms with Crippen molar-refractivity contribution >= 4 is 5.69 Å². The Morgan fingerprint density at radius 3 is 2.47 bits per heavy atom. The summed E-state index contributed by atoms with van der Waals surface area (Å²) in [6.07, 6.45) is 4.72. The van der Waals surface area contributed by atoms with Crippen molar-refractivity contribution in [2.24, 2.45) is 11.8 Å². The normalized spacial score (nSPS) is 23.4. The lowest BCUT2D eigenvalue weighted by atomic mass is 9.79. The minimum atomic E-state index is -0.202. The molecule has 2 nitrogen and oxygen atoms in total. The Balaban J connectivity index is 1.95. The maximum atomic E-state index is 13.7. The van der Waals surface area contributed by atoms with E-state index in [1.807, 2.05) is 0 Å². The number of ether oxygens (including phenoxy) is 1. The molecule has 0 unspecified atom stereocenters. The minimum Gasteiger partial charge on any atom is -0.497 e. The van der Waals surface area contributed by atoms with Crippen LogP contribution in [0.1, 0.15) is 39.5 Å². The lowest BCUT2D eigenvalue weighted by Crippen LogP contribution is -2.28. The number of hydrogen-bond donors (Lipinski definition) is 1. The number of rotatable bonds is 4. The molecule has 1 aromatic rings. The molecule has 1 fully saturated rings. The highest BCUT2D eigenvalue weighted by atomic mass is 19.1. The van der Waals surface area contributed by atoms with Gasteiger partial charge in [-0.25, -0.2) is 4.39 Å². The van der Waals surface area contributed by atoms with Gasteiger partial charge in [-0.05, 0) is 49.7 Å². The van der Waals surface area contributed by atoms with E-state index in [9.17, 15) is 4.39 Å². The summed E-state index contributed by atoms with van der Waals surface area (Å²) in [5, 5.41) is 3.33. The van der Waals surface area contributed by atoms with Gasteiger partial charge in [-0.15, -0.1) is 0 Å². The van der Waals surface area contributed by atoms with Crippen LogP contribution in [0.5, 0.6) is 5.75 Å². The van der Waals surface area contributed by atoms with Crippen LogP contribution in [0.3, 0.4) is 0 Å². The summed E-state index contributed by atoms with van der Waals surface area (Å²) < 4.78 is 18.9. The quantitative estimate of drug-likeness (QED) is 0.867. The molecule has 1 saturated carbocycles. The van der Waals surface area contributed by atoms with E-state index >= 15 is 0 Å². The van der Waals surface area contributed by atoms with Gasteiger partial charge in [-0.2, -0.15) is 0 Å². The van der Waals surface area contributed by atoms with E-state index in [4.69, 9.17) is 4.74 Å². The van der Waals surface area contributed by atoms with Crippen molar-refractivity contribution in [1.29, 1.82) is 0 Å². The van der Waals surface area contributed by atoms with E-state index in [0.717, 1.165) is 24.7 Å². The van der Waals surface area contributed by atoms with Crippen LogP contribution in [-0.4, -0.2) is 13.2 Å². The van der Waals surface area contributed by atoms with Crippen molar-refractivity contribution < 1.29 is 9.13 Å². The molecule has 0 spiro atoms. The van der Waals surface area contributed by atoms with Gasteiger partial charge in [0.25, 0.3) is 0 Å². The molecular weight excluding hydrogens is 241 g/mol. The fourth-order valence-corrected chi connectivity index (χ4v) is 2.89. The van der Waals surface area contributed by atoms with Crippen molar-refractivity contribution in [3.63, 3.8) is 0 Å². The molecule has 0 amide bonds. The molecule has 19 heavy (non-hydrogen) atoms. The van der Waals surface area contributed by atoms with Gasteiger partial charge in [0.2, 0.25) is 0 Å². The number of nitrogens with one attached hydrogen (secondary N) is 1. The van der Waals surface area contributed by atoms with Crippen LogP contribution in [-0.2, 0) is 0 Å². The van der Waals surface area contributed by atoms with E-state index < -0.39 is 0 Å². The molecule has 0 atom stereocenters. The number of halogens is 1. The van der Waals surface area contributed by atoms with Crippen molar-refractivity contribution in [2.75, 3.05) is 12.4 Å². The number of benzene rings is 1. The van der Waals surface area contributed by atoms with Crippen LogP contribution < -0.4 is 10.1 Å². The van der Waals surface area contributed by atoms with Gasteiger partial charge in [-0.1, -0.05) is 13.8 Å². The Morgan fingerprint density at radius 2 is 1.89 bits per heavy atom. The number of anilines is 1. The average molecular weight is 265 g/mol. The van der Waals surface area contributed by atoms with E-state index in [2.05, 4.69) is 19.2 Å². The molecule has 0 saturated heterocycles. The van der Waals surface area contributed by atoms with Crippen molar-refractivity contribution in [3.05, 3.63) is 24.0 Å². The molecule has 2 rings (SSSR count). The Bertz CT molecular complexity index is 411. The predicted molar refractivity (Wildman–Crippen MR) is 77.2 cm³/mol. The first-order valence-electron chi connectivity index (χ1n) is 7.20. The largest absolute Gasteiger partial charge is 0.497 e. The van der Waals surface area contributed by atoms with Gasteiger partial charge < -0.3 is 10.1 Å². The second kappa shape index (κ2) is 6.27. The zero-order valence-corrected chi connectivity index (χ0v) is 12.1. The summed E-state index contributed by atoms with van der Waals surface area (Å²) in [6.45, 7) is 4.58. The van der Waals surface area contributed by atoms with Gasteiger partial charge in [0.05, 0.1) is 12.8 Å². The van der Waals surface area contributed by atoms with Crippen LogP contribution in [0.2, 0.25) is 0 Å².